The van der Waals surface area contributed by atoms with Crippen molar-refractivity contribution in [3.63, 3.8) is 0 Å². The summed E-state index contributed by atoms with van der Waals surface area (Å²) in [6.45, 7) is 0. The Morgan fingerprint density at radius 1 is 1.17 bits per heavy atom. The van der Waals surface area contributed by atoms with Crippen molar-refractivity contribution in [2.45, 2.75) is 25.7 Å². The summed E-state index contributed by atoms with van der Waals surface area (Å²) in [5.41, 5.74) is 4.82. The molecule has 122 valence electrons. The summed E-state index contributed by atoms with van der Waals surface area (Å²) in [5.74, 6) is 0.676. The molecular weight excluding hydrogens is 324 g/mol. The van der Waals surface area contributed by atoms with Gasteiger partial charge in [-0.15, -0.1) is 11.3 Å². The number of phenolic OH excluding ortho intramolecular Hbond substituents is 2. The normalized spacial score (nSPS) is 14.2. The van der Waals surface area contributed by atoms with Gasteiger partial charge in [-0.05, 0) is 43.4 Å². The van der Waals surface area contributed by atoms with Gasteiger partial charge in [-0.3, -0.25) is 5.43 Å². The van der Waals surface area contributed by atoms with E-state index in [9.17, 15) is 10.2 Å². The lowest BCUT2D eigenvalue weighted by atomic mass is 9.97. The fourth-order valence-corrected chi connectivity index (χ4v) is 4.21. The van der Waals surface area contributed by atoms with Crippen LogP contribution in [0.5, 0.6) is 11.5 Å². The number of anilines is 1. The van der Waals surface area contributed by atoms with Gasteiger partial charge < -0.3 is 10.2 Å². The number of hydrogen-bond donors (Lipinski definition) is 3. The van der Waals surface area contributed by atoms with E-state index >= 15 is 0 Å². The molecule has 2 aromatic heterocycles. The molecule has 6 nitrogen and oxygen atoms in total. The number of nitrogens with zero attached hydrogens (tertiary/aromatic N) is 3. The molecule has 3 N–H and O–H groups in total. The van der Waals surface area contributed by atoms with Gasteiger partial charge in [-0.1, -0.05) is 0 Å². The zero-order chi connectivity index (χ0) is 16.5. The summed E-state index contributed by atoms with van der Waals surface area (Å²) in [5, 5.41) is 24.3. The molecule has 0 radical (unpaired) electrons. The molecule has 0 bridgehead atoms. The summed E-state index contributed by atoms with van der Waals surface area (Å²) in [7, 11) is 0. The van der Waals surface area contributed by atoms with Gasteiger partial charge in [0.1, 0.15) is 22.7 Å². The van der Waals surface area contributed by atoms with Crippen LogP contribution in [-0.2, 0) is 12.8 Å². The Bertz CT molecular complexity index is 936. The SMILES string of the molecule is Oc1ccc(/C=N/Nc2ncnc3sc4c(c23)CCCC4)c(O)c1. The second kappa shape index (κ2) is 6.09. The Morgan fingerprint density at radius 3 is 2.92 bits per heavy atom. The highest BCUT2D eigenvalue weighted by Crippen LogP contribution is 2.38. The molecule has 2 heterocycles. The lowest BCUT2D eigenvalue weighted by Gasteiger charge is -2.11. The Labute approximate surface area is 142 Å². The van der Waals surface area contributed by atoms with Crippen LogP contribution in [0.3, 0.4) is 0 Å². The van der Waals surface area contributed by atoms with E-state index in [1.54, 1.807) is 23.7 Å². The molecule has 4 rings (SSSR count). The highest BCUT2D eigenvalue weighted by Gasteiger charge is 2.19. The second-order valence-electron chi connectivity index (χ2n) is 5.73. The predicted molar refractivity (Wildman–Crippen MR) is 95.0 cm³/mol. The zero-order valence-electron chi connectivity index (χ0n) is 12.9. The molecule has 0 atom stereocenters. The molecule has 0 amide bonds. The molecule has 24 heavy (non-hydrogen) atoms. The lowest BCUT2D eigenvalue weighted by Crippen LogP contribution is -2.01. The molecule has 7 heteroatoms. The number of phenols is 2. The molecular formula is C17H16N4O2S. The number of aryl methyl sites for hydroxylation is 2. The van der Waals surface area contributed by atoms with Crippen molar-refractivity contribution in [3.05, 3.63) is 40.5 Å². The number of benzene rings is 1. The van der Waals surface area contributed by atoms with Gasteiger partial charge in [0, 0.05) is 16.5 Å². The number of nitrogens with one attached hydrogen (secondary N) is 1. The lowest BCUT2D eigenvalue weighted by molar-refractivity contribution is 0.450. The van der Waals surface area contributed by atoms with Crippen molar-refractivity contribution >= 4 is 33.6 Å². The first-order valence-electron chi connectivity index (χ1n) is 7.78. The molecule has 0 saturated carbocycles. The third-order valence-corrected chi connectivity index (χ3v) is 5.34. The van der Waals surface area contributed by atoms with E-state index in [4.69, 9.17) is 0 Å². The smallest absolute Gasteiger partial charge is 0.158 e. The molecule has 0 fully saturated rings. The van der Waals surface area contributed by atoms with Crippen LogP contribution in [0, 0.1) is 0 Å². The number of fused-ring (bicyclic) bond motifs is 3. The average Bonchev–Trinajstić information content (AvgIpc) is 2.96. The van der Waals surface area contributed by atoms with Crippen LogP contribution in [0.25, 0.3) is 10.2 Å². The quantitative estimate of drug-likeness (QED) is 0.502. The number of aromatic nitrogens is 2. The van der Waals surface area contributed by atoms with E-state index in [2.05, 4.69) is 20.5 Å². The molecule has 1 aliphatic rings. The van der Waals surface area contributed by atoms with Crippen molar-refractivity contribution in [3.8, 4) is 11.5 Å². The van der Waals surface area contributed by atoms with Crippen LogP contribution in [0.15, 0.2) is 29.6 Å². The molecule has 0 spiro atoms. The van der Waals surface area contributed by atoms with Crippen molar-refractivity contribution in [2.75, 3.05) is 5.43 Å². The summed E-state index contributed by atoms with van der Waals surface area (Å²) in [6.07, 6.45) is 7.63. The van der Waals surface area contributed by atoms with Gasteiger partial charge in [0.25, 0.3) is 0 Å². The van der Waals surface area contributed by atoms with Crippen molar-refractivity contribution in [2.24, 2.45) is 5.10 Å². The Balaban J connectivity index is 1.65. The molecule has 3 aromatic rings. The summed E-state index contributed by atoms with van der Waals surface area (Å²) in [4.78, 5) is 11.1. The average molecular weight is 340 g/mol. The van der Waals surface area contributed by atoms with E-state index in [0.29, 0.717) is 11.4 Å². The molecule has 0 aliphatic heterocycles. The number of thiophene rings is 1. The summed E-state index contributed by atoms with van der Waals surface area (Å²) in [6, 6.07) is 4.37. The minimum Gasteiger partial charge on any atom is -0.508 e. The molecule has 1 aliphatic carbocycles. The van der Waals surface area contributed by atoms with Crippen LogP contribution >= 0.6 is 11.3 Å². The van der Waals surface area contributed by atoms with Gasteiger partial charge in [0.05, 0.1) is 11.6 Å². The predicted octanol–water partition coefficient (Wildman–Crippen LogP) is 3.43. The van der Waals surface area contributed by atoms with Crippen molar-refractivity contribution < 1.29 is 10.2 Å². The van der Waals surface area contributed by atoms with Crippen molar-refractivity contribution in [1.82, 2.24) is 9.97 Å². The molecule has 1 aromatic carbocycles. The van der Waals surface area contributed by atoms with Gasteiger partial charge >= 0.3 is 0 Å². The minimum atomic E-state index is -0.0266. The summed E-state index contributed by atoms with van der Waals surface area (Å²) >= 11 is 1.74. The van der Waals surface area contributed by atoms with Crippen LogP contribution in [0.1, 0.15) is 28.8 Å². The Morgan fingerprint density at radius 2 is 2.04 bits per heavy atom. The van der Waals surface area contributed by atoms with E-state index in [1.165, 1.54) is 41.6 Å². The third kappa shape index (κ3) is 2.67. The first-order valence-corrected chi connectivity index (χ1v) is 8.60. The van der Waals surface area contributed by atoms with Gasteiger partial charge in [-0.25, -0.2) is 9.97 Å². The van der Waals surface area contributed by atoms with Crippen molar-refractivity contribution in [1.29, 1.82) is 0 Å². The highest BCUT2D eigenvalue weighted by molar-refractivity contribution is 7.19. The fraction of sp³-hybridized carbons (Fsp3) is 0.235. The number of hydrogen-bond acceptors (Lipinski definition) is 7. The summed E-state index contributed by atoms with van der Waals surface area (Å²) < 4.78 is 0. The standard InChI is InChI=1S/C17H16N4O2S/c22-11-6-5-10(13(23)7-11)8-20-21-16-15-12-3-1-2-4-14(12)24-17(15)19-9-18-16/h5-9,22-23H,1-4H2,(H,18,19,21)/b20-8+. The van der Waals surface area contributed by atoms with Crippen LogP contribution in [0.4, 0.5) is 5.82 Å². The maximum Gasteiger partial charge on any atom is 0.158 e. The van der Waals surface area contributed by atoms with Gasteiger partial charge in [0.15, 0.2) is 5.82 Å². The maximum atomic E-state index is 9.78. The minimum absolute atomic E-state index is 0.0139. The number of hydrazone groups is 1. The van der Waals surface area contributed by atoms with Gasteiger partial charge in [-0.2, -0.15) is 5.10 Å². The van der Waals surface area contributed by atoms with E-state index in [-0.39, 0.29) is 11.5 Å². The fourth-order valence-electron chi connectivity index (χ4n) is 2.98. The third-order valence-electron chi connectivity index (χ3n) is 4.14. The maximum absolute atomic E-state index is 9.78. The Hall–Kier alpha value is -2.67. The first-order chi connectivity index (χ1) is 11.7. The first kappa shape index (κ1) is 14.9. The zero-order valence-corrected chi connectivity index (χ0v) is 13.7. The van der Waals surface area contributed by atoms with Gasteiger partial charge in [0.2, 0.25) is 0 Å². The monoisotopic (exact) mass is 340 g/mol. The number of rotatable bonds is 3. The van der Waals surface area contributed by atoms with Crippen LogP contribution in [-0.4, -0.2) is 26.4 Å². The molecule has 0 unspecified atom stereocenters. The second-order valence-corrected chi connectivity index (χ2v) is 6.81. The Kier molecular flexibility index (Phi) is 3.78. The molecule has 0 saturated heterocycles. The van der Waals surface area contributed by atoms with E-state index in [1.807, 2.05) is 0 Å². The topological polar surface area (TPSA) is 90.6 Å². The highest BCUT2D eigenvalue weighted by atomic mass is 32.1. The van der Waals surface area contributed by atoms with E-state index < -0.39 is 0 Å². The number of aromatic hydroxyl groups is 2. The van der Waals surface area contributed by atoms with Crippen LogP contribution < -0.4 is 5.43 Å². The van der Waals surface area contributed by atoms with Crippen LogP contribution in [0.2, 0.25) is 0 Å². The largest absolute Gasteiger partial charge is 0.508 e. The van der Waals surface area contributed by atoms with E-state index in [0.717, 1.165) is 23.1 Å².